The third-order valence-corrected chi connectivity index (χ3v) is 2.82. The first-order chi connectivity index (χ1) is 9.15. The van der Waals surface area contributed by atoms with Gasteiger partial charge in [0.2, 0.25) is 5.82 Å². The highest BCUT2D eigenvalue weighted by Gasteiger charge is 2.11. The van der Waals surface area contributed by atoms with Crippen LogP contribution in [0.25, 0.3) is 11.3 Å². The molecule has 0 unspecified atom stereocenters. The van der Waals surface area contributed by atoms with Crippen LogP contribution in [0.15, 0.2) is 30.5 Å². The molecule has 2 rings (SSSR count). The molecule has 0 bridgehead atoms. The molecule has 98 valence electrons. The number of rotatable bonds is 4. The summed E-state index contributed by atoms with van der Waals surface area (Å²) >= 11 is 0. The van der Waals surface area contributed by atoms with E-state index in [1.54, 1.807) is 13.2 Å². The minimum absolute atomic E-state index is 0.00135. The molecule has 2 aromatic rings. The van der Waals surface area contributed by atoms with Crippen molar-refractivity contribution in [3.63, 3.8) is 0 Å². The van der Waals surface area contributed by atoms with E-state index in [1.165, 1.54) is 6.20 Å². The van der Waals surface area contributed by atoms with E-state index in [2.05, 4.69) is 16.9 Å². The number of nitrogens with zero attached hydrogens (tertiary/aromatic N) is 2. The van der Waals surface area contributed by atoms with Crippen molar-refractivity contribution in [1.29, 1.82) is 0 Å². The van der Waals surface area contributed by atoms with Gasteiger partial charge in [-0.2, -0.15) is 0 Å². The van der Waals surface area contributed by atoms with E-state index in [0.29, 0.717) is 11.4 Å². The van der Waals surface area contributed by atoms with Crippen molar-refractivity contribution in [2.45, 2.75) is 13.3 Å². The quantitative estimate of drug-likeness (QED) is 0.906. The Morgan fingerprint density at radius 3 is 2.79 bits per heavy atom. The number of hydrogen-bond acceptors (Lipinski definition) is 4. The minimum Gasteiger partial charge on any atom is -0.496 e. The topological polar surface area (TPSA) is 78.1 Å². The van der Waals surface area contributed by atoms with E-state index in [4.69, 9.17) is 10.5 Å². The summed E-state index contributed by atoms with van der Waals surface area (Å²) in [7, 11) is 1.60. The zero-order valence-electron chi connectivity index (χ0n) is 10.9. The second-order valence-electron chi connectivity index (χ2n) is 4.02. The second-order valence-corrected chi connectivity index (χ2v) is 4.02. The van der Waals surface area contributed by atoms with Crippen LogP contribution < -0.4 is 10.5 Å². The van der Waals surface area contributed by atoms with Gasteiger partial charge in [0.05, 0.1) is 12.8 Å². The average molecular weight is 257 g/mol. The maximum Gasteiger partial charge on any atom is 0.286 e. The second kappa shape index (κ2) is 5.48. The molecule has 0 saturated heterocycles. The van der Waals surface area contributed by atoms with E-state index in [0.717, 1.165) is 17.5 Å². The zero-order valence-corrected chi connectivity index (χ0v) is 10.9. The summed E-state index contributed by atoms with van der Waals surface area (Å²) in [5, 5.41) is 0. The first-order valence-corrected chi connectivity index (χ1v) is 5.95. The minimum atomic E-state index is -0.646. The van der Waals surface area contributed by atoms with Crippen molar-refractivity contribution in [3.05, 3.63) is 41.9 Å². The third kappa shape index (κ3) is 2.70. The van der Waals surface area contributed by atoms with Crippen LogP contribution in [0.5, 0.6) is 5.75 Å². The van der Waals surface area contributed by atoms with Crippen LogP contribution in [-0.2, 0) is 6.42 Å². The van der Waals surface area contributed by atoms with Crippen molar-refractivity contribution >= 4 is 5.91 Å². The molecule has 0 atom stereocenters. The predicted octanol–water partition coefficient (Wildman–Crippen LogP) is 1.81. The maximum absolute atomic E-state index is 11.1. The van der Waals surface area contributed by atoms with Gasteiger partial charge in [0, 0.05) is 11.8 Å². The van der Waals surface area contributed by atoms with Crippen molar-refractivity contribution in [3.8, 4) is 17.0 Å². The first-order valence-electron chi connectivity index (χ1n) is 5.95. The van der Waals surface area contributed by atoms with E-state index < -0.39 is 5.91 Å². The van der Waals surface area contributed by atoms with Gasteiger partial charge in [0.1, 0.15) is 5.75 Å². The number of nitrogens with two attached hydrogens (primary N) is 1. The number of carbonyl (C=O) groups excluding carboxylic acids is 1. The van der Waals surface area contributed by atoms with Crippen molar-refractivity contribution < 1.29 is 9.53 Å². The molecular weight excluding hydrogens is 242 g/mol. The smallest absolute Gasteiger partial charge is 0.286 e. The van der Waals surface area contributed by atoms with Crippen molar-refractivity contribution in [1.82, 2.24) is 9.97 Å². The van der Waals surface area contributed by atoms with Gasteiger partial charge < -0.3 is 10.5 Å². The molecule has 0 spiro atoms. The summed E-state index contributed by atoms with van der Waals surface area (Å²) in [5.74, 6) is 0.0558. The highest BCUT2D eigenvalue weighted by atomic mass is 16.5. The normalized spacial score (nSPS) is 10.2. The SMILES string of the molecule is CCc1ccc(OC)c(-c2ccnc(C(N)=O)n2)c1. The highest BCUT2D eigenvalue weighted by Crippen LogP contribution is 2.29. The summed E-state index contributed by atoms with van der Waals surface area (Å²) in [5.41, 5.74) is 7.80. The number of ether oxygens (including phenoxy) is 1. The Morgan fingerprint density at radius 1 is 1.37 bits per heavy atom. The number of hydrogen-bond donors (Lipinski definition) is 1. The fourth-order valence-corrected chi connectivity index (χ4v) is 1.80. The summed E-state index contributed by atoms with van der Waals surface area (Å²) in [4.78, 5) is 19.1. The van der Waals surface area contributed by atoms with E-state index in [-0.39, 0.29) is 5.82 Å². The number of aromatic nitrogens is 2. The Balaban J connectivity index is 2.56. The number of methoxy groups -OCH3 is 1. The van der Waals surface area contributed by atoms with E-state index in [9.17, 15) is 4.79 Å². The van der Waals surface area contributed by atoms with Crippen LogP contribution in [0.1, 0.15) is 23.1 Å². The number of carbonyl (C=O) groups is 1. The lowest BCUT2D eigenvalue weighted by atomic mass is 10.0. The van der Waals surface area contributed by atoms with Gasteiger partial charge in [-0.15, -0.1) is 0 Å². The van der Waals surface area contributed by atoms with Crippen LogP contribution in [0.4, 0.5) is 0 Å². The van der Waals surface area contributed by atoms with Gasteiger partial charge in [0.25, 0.3) is 5.91 Å². The lowest BCUT2D eigenvalue weighted by Gasteiger charge is -2.10. The Hall–Kier alpha value is -2.43. The number of aryl methyl sites for hydroxylation is 1. The lowest BCUT2D eigenvalue weighted by molar-refractivity contribution is 0.0990. The van der Waals surface area contributed by atoms with Crippen molar-refractivity contribution in [2.24, 2.45) is 5.73 Å². The highest BCUT2D eigenvalue weighted by molar-refractivity contribution is 5.89. The number of benzene rings is 1. The van der Waals surface area contributed by atoms with Crippen LogP contribution >= 0.6 is 0 Å². The molecule has 0 aliphatic carbocycles. The molecule has 1 heterocycles. The fraction of sp³-hybridized carbons (Fsp3) is 0.214. The molecule has 0 aliphatic rings. The zero-order chi connectivity index (χ0) is 13.8. The Kier molecular flexibility index (Phi) is 3.75. The van der Waals surface area contributed by atoms with Gasteiger partial charge in [-0.05, 0) is 30.2 Å². The predicted molar refractivity (Wildman–Crippen MR) is 71.9 cm³/mol. The molecule has 19 heavy (non-hydrogen) atoms. The van der Waals surface area contributed by atoms with E-state index in [1.807, 2.05) is 18.2 Å². The van der Waals surface area contributed by atoms with Crippen LogP contribution in [0.3, 0.4) is 0 Å². The molecule has 0 aliphatic heterocycles. The molecule has 2 N–H and O–H groups in total. The maximum atomic E-state index is 11.1. The van der Waals surface area contributed by atoms with Gasteiger partial charge in [-0.3, -0.25) is 4.79 Å². The average Bonchev–Trinajstić information content (AvgIpc) is 2.46. The molecule has 0 saturated carbocycles. The van der Waals surface area contributed by atoms with Crippen LogP contribution in [0, 0.1) is 0 Å². The van der Waals surface area contributed by atoms with Crippen molar-refractivity contribution in [2.75, 3.05) is 7.11 Å². The van der Waals surface area contributed by atoms with Gasteiger partial charge >= 0.3 is 0 Å². The molecule has 1 aromatic heterocycles. The number of primary amides is 1. The summed E-state index contributed by atoms with van der Waals surface area (Å²) < 4.78 is 5.32. The first kappa shape index (κ1) is 13.0. The fourth-order valence-electron chi connectivity index (χ4n) is 1.80. The Morgan fingerprint density at radius 2 is 2.16 bits per heavy atom. The number of amides is 1. The van der Waals surface area contributed by atoms with Crippen LogP contribution in [-0.4, -0.2) is 23.0 Å². The third-order valence-electron chi connectivity index (χ3n) is 2.82. The molecular formula is C14H15N3O2. The molecule has 0 fully saturated rings. The molecule has 0 radical (unpaired) electrons. The molecule has 5 heteroatoms. The Labute approximate surface area is 111 Å². The molecule has 1 amide bonds. The van der Waals surface area contributed by atoms with Crippen LogP contribution in [0.2, 0.25) is 0 Å². The van der Waals surface area contributed by atoms with Gasteiger partial charge in [-0.1, -0.05) is 13.0 Å². The standard InChI is InChI=1S/C14H15N3O2/c1-3-9-4-5-12(19-2)10(8-9)11-6-7-16-14(17-11)13(15)18/h4-8H,3H2,1-2H3,(H2,15,18). The van der Waals surface area contributed by atoms with Gasteiger partial charge in [-0.25, -0.2) is 9.97 Å². The summed E-state index contributed by atoms with van der Waals surface area (Å²) in [6, 6.07) is 7.61. The monoisotopic (exact) mass is 257 g/mol. The van der Waals surface area contributed by atoms with Gasteiger partial charge in [0.15, 0.2) is 0 Å². The summed E-state index contributed by atoms with van der Waals surface area (Å²) in [6.45, 7) is 2.07. The lowest BCUT2D eigenvalue weighted by Crippen LogP contribution is -2.15. The Bertz CT molecular complexity index is 611. The summed E-state index contributed by atoms with van der Waals surface area (Å²) in [6.07, 6.45) is 2.42. The van der Waals surface area contributed by atoms with E-state index >= 15 is 0 Å². The molecule has 5 nitrogen and oxygen atoms in total. The molecule has 1 aromatic carbocycles. The largest absolute Gasteiger partial charge is 0.496 e.